The normalized spacial score (nSPS) is 14.2. The number of methoxy groups -OCH3 is 2. The van der Waals surface area contributed by atoms with E-state index in [9.17, 15) is 5.11 Å². The Balaban J connectivity index is 3.03. The van der Waals surface area contributed by atoms with E-state index in [0.717, 1.165) is 17.9 Å². The molecule has 0 bridgehead atoms. The molecule has 0 spiro atoms. The Morgan fingerprint density at radius 2 is 2.00 bits per heavy atom. The summed E-state index contributed by atoms with van der Waals surface area (Å²) >= 11 is 0. The van der Waals surface area contributed by atoms with Crippen molar-refractivity contribution < 1.29 is 14.6 Å². The zero-order chi connectivity index (χ0) is 12.9. The van der Waals surface area contributed by atoms with Gasteiger partial charge < -0.3 is 19.9 Å². The summed E-state index contributed by atoms with van der Waals surface area (Å²) < 4.78 is 10.4. The van der Waals surface area contributed by atoms with Gasteiger partial charge in [-0.1, -0.05) is 0 Å². The molecule has 1 unspecified atom stereocenters. The number of ether oxygens (including phenoxy) is 2. The standard InChI is InChI=1S/C13H21NO3/c1-13(15,7-8-14-2)11-6-5-10(16-3)9-12(11)17-4/h5-6,9,14-15H,7-8H2,1-4H3. The molecule has 1 atom stereocenters. The first kappa shape index (κ1) is 13.8. The fourth-order valence-electron chi connectivity index (χ4n) is 1.75. The number of nitrogens with one attached hydrogen (secondary N) is 1. The van der Waals surface area contributed by atoms with Crippen LogP contribution in [0.2, 0.25) is 0 Å². The van der Waals surface area contributed by atoms with Crippen molar-refractivity contribution in [3.63, 3.8) is 0 Å². The fraction of sp³-hybridized carbons (Fsp3) is 0.538. The fourth-order valence-corrected chi connectivity index (χ4v) is 1.75. The first-order valence-corrected chi connectivity index (χ1v) is 5.64. The van der Waals surface area contributed by atoms with E-state index in [1.165, 1.54) is 0 Å². The molecule has 0 radical (unpaired) electrons. The van der Waals surface area contributed by atoms with Crippen molar-refractivity contribution in [3.05, 3.63) is 23.8 Å². The molecule has 4 heteroatoms. The number of aliphatic hydroxyl groups is 1. The maximum Gasteiger partial charge on any atom is 0.128 e. The van der Waals surface area contributed by atoms with Gasteiger partial charge in [0.05, 0.1) is 19.8 Å². The van der Waals surface area contributed by atoms with Gasteiger partial charge in [-0.25, -0.2) is 0 Å². The van der Waals surface area contributed by atoms with Crippen LogP contribution >= 0.6 is 0 Å². The molecule has 4 nitrogen and oxygen atoms in total. The van der Waals surface area contributed by atoms with Gasteiger partial charge in [0.15, 0.2) is 0 Å². The number of rotatable bonds is 6. The van der Waals surface area contributed by atoms with E-state index in [2.05, 4.69) is 5.32 Å². The summed E-state index contributed by atoms with van der Waals surface area (Å²) in [7, 11) is 5.06. The Bertz CT molecular complexity index is 364. The number of benzene rings is 1. The second-order valence-corrected chi connectivity index (χ2v) is 4.19. The third-order valence-corrected chi connectivity index (χ3v) is 2.85. The van der Waals surface area contributed by atoms with E-state index in [0.29, 0.717) is 12.2 Å². The van der Waals surface area contributed by atoms with Crippen LogP contribution in [0.1, 0.15) is 18.9 Å². The maximum absolute atomic E-state index is 10.4. The molecular weight excluding hydrogens is 218 g/mol. The lowest BCUT2D eigenvalue weighted by atomic mass is 9.91. The van der Waals surface area contributed by atoms with Crippen LogP contribution in [0.3, 0.4) is 0 Å². The summed E-state index contributed by atoms with van der Waals surface area (Å²) in [5.74, 6) is 1.36. The molecule has 1 aromatic carbocycles. The highest BCUT2D eigenvalue weighted by Gasteiger charge is 2.26. The van der Waals surface area contributed by atoms with E-state index < -0.39 is 5.60 Å². The van der Waals surface area contributed by atoms with Gasteiger partial charge in [0.1, 0.15) is 11.5 Å². The van der Waals surface area contributed by atoms with Crippen molar-refractivity contribution in [2.24, 2.45) is 0 Å². The molecule has 0 saturated heterocycles. The minimum Gasteiger partial charge on any atom is -0.497 e. The van der Waals surface area contributed by atoms with Crippen molar-refractivity contribution >= 4 is 0 Å². The smallest absolute Gasteiger partial charge is 0.128 e. The van der Waals surface area contributed by atoms with Crippen LogP contribution in [0.4, 0.5) is 0 Å². The molecule has 0 saturated carbocycles. The summed E-state index contributed by atoms with van der Waals surface area (Å²) in [6.07, 6.45) is 0.617. The van der Waals surface area contributed by atoms with Crippen molar-refractivity contribution in [2.45, 2.75) is 18.9 Å². The lowest BCUT2D eigenvalue weighted by Crippen LogP contribution is -2.26. The monoisotopic (exact) mass is 239 g/mol. The first-order chi connectivity index (χ1) is 8.05. The minimum atomic E-state index is -0.916. The molecule has 0 fully saturated rings. The summed E-state index contributed by atoms with van der Waals surface area (Å²) in [5, 5.41) is 13.5. The van der Waals surface area contributed by atoms with Gasteiger partial charge in [0.25, 0.3) is 0 Å². The Morgan fingerprint density at radius 1 is 1.29 bits per heavy atom. The second-order valence-electron chi connectivity index (χ2n) is 4.19. The van der Waals surface area contributed by atoms with Crippen LogP contribution in [0.15, 0.2) is 18.2 Å². The topological polar surface area (TPSA) is 50.7 Å². The molecule has 2 N–H and O–H groups in total. The summed E-state index contributed by atoms with van der Waals surface area (Å²) in [6, 6.07) is 5.45. The van der Waals surface area contributed by atoms with Gasteiger partial charge in [-0.3, -0.25) is 0 Å². The van der Waals surface area contributed by atoms with E-state index in [4.69, 9.17) is 9.47 Å². The summed E-state index contributed by atoms with van der Waals surface area (Å²) in [5.41, 5.74) is -0.142. The molecule has 0 aliphatic rings. The molecule has 0 aliphatic carbocycles. The average molecular weight is 239 g/mol. The highest BCUT2D eigenvalue weighted by molar-refractivity contribution is 5.43. The second kappa shape index (κ2) is 5.89. The molecule has 0 heterocycles. The van der Waals surface area contributed by atoms with E-state index in [1.807, 2.05) is 19.2 Å². The van der Waals surface area contributed by atoms with Gasteiger partial charge in [0, 0.05) is 11.6 Å². The predicted octanol–water partition coefficient (Wildman–Crippen LogP) is 1.52. The largest absolute Gasteiger partial charge is 0.497 e. The zero-order valence-corrected chi connectivity index (χ0v) is 10.9. The van der Waals surface area contributed by atoms with E-state index >= 15 is 0 Å². The zero-order valence-electron chi connectivity index (χ0n) is 10.9. The Kier molecular flexibility index (Phi) is 4.78. The maximum atomic E-state index is 10.4. The summed E-state index contributed by atoms with van der Waals surface area (Å²) in [6.45, 7) is 2.52. The van der Waals surface area contributed by atoms with Crippen molar-refractivity contribution in [2.75, 3.05) is 27.8 Å². The summed E-state index contributed by atoms with van der Waals surface area (Å²) in [4.78, 5) is 0. The number of hydrogen-bond donors (Lipinski definition) is 2. The average Bonchev–Trinajstić information content (AvgIpc) is 2.35. The van der Waals surface area contributed by atoms with Gasteiger partial charge in [-0.2, -0.15) is 0 Å². The third-order valence-electron chi connectivity index (χ3n) is 2.85. The van der Waals surface area contributed by atoms with Crippen LogP contribution in [-0.4, -0.2) is 32.9 Å². The first-order valence-electron chi connectivity index (χ1n) is 5.64. The van der Waals surface area contributed by atoms with Crippen molar-refractivity contribution in [1.29, 1.82) is 0 Å². The Morgan fingerprint density at radius 3 is 2.53 bits per heavy atom. The quantitative estimate of drug-likeness (QED) is 0.790. The number of hydrogen-bond acceptors (Lipinski definition) is 4. The lowest BCUT2D eigenvalue weighted by Gasteiger charge is -2.26. The molecule has 1 rings (SSSR count). The molecule has 0 amide bonds. The lowest BCUT2D eigenvalue weighted by molar-refractivity contribution is 0.0459. The SMILES string of the molecule is CNCCC(C)(O)c1ccc(OC)cc1OC. The van der Waals surface area contributed by atoms with Crippen LogP contribution in [0, 0.1) is 0 Å². The molecule has 1 aromatic rings. The van der Waals surface area contributed by atoms with Crippen molar-refractivity contribution in [3.8, 4) is 11.5 Å². The van der Waals surface area contributed by atoms with E-state index in [1.54, 1.807) is 27.2 Å². The molecule has 0 aliphatic heterocycles. The van der Waals surface area contributed by atoms with Gasteiger partial charge >= 0.3 is 0 Å². The highest BCUT2D eigenvalue weighted by Crippen LogP contribution is 2.34. The van der Waals surface area contributed by atoms with Crippen LogP contribution in [-0.2, 0) is 5.60 Å². The van der Waals surface area contributed by atoms with Crippen LogP contribution < -0.4 is 14.8 Å². The van der Waals surface area contributed by atoms with Crippen LogP contribution in [0.5, 0.6) is 11.5 Å². The highest BCUT2D eigenvalue weighted by atomic mass is 16.5. The Labute approximate surface area is 103 Å². The molecular formula is C13H21NO3. The molecule has 96 valence electrons. The van der Waals surface area contributed by atoms with Gasteiger partial charge in [-0.15, -0.1) is 0 Å². The van der Waals surface area contributed by atoms with Gasteiger partial charge in [-0.05, 0) is 39.1 Å². The van der Waals surface area contributed by atoms with E-state index in [-0.39, 0.29) is 0 Å². The molecule has 0 aromatic heterocycles. The minimum absolute atomic E-state index is 0.617. The van der Waals surface area contributed by atoms with Gasteiger partial charge in [0.2, 0.25) is 0 Å². The van der Waals surface area contributed by atoms with Crippen LogP contribution in [0.25, 0.3) is 0 Å². The molecule has 17 heavy (non-hydrogen) atoms. The van der Waals surface area contributed by atoms with Crippen molar-refractivity contribution in [1.82, 2.24) is 5.32 Å². The third kappa shape index (κ3) is 3.35. The Hall–Kier alpha value is -1.26. The predicted molar refractivity (Wildman–Crippen MR) is 67.7 cm³/mol.